The van der Waals surface area contributed by atoms with Crippen molar-refractivity contribution >= 4 is 23.3 Å². The molecule has 0 aliphatic carbocycles. The monoisotopic (exact) mass is 268 g/mol. The number of ether oxygens (including phenoxy) is 1. The first kappa shape index (κ1) is 14.6. The average Bonchev–Trinajstić information content (AvgIpc) is 2.27. The molecule has 0 aliphatic heterocycles. The molecule has 102 valence electrons. The second-order valence-electron chi connectivity index (χ2n) is 3.71. The summed E-state index contributed by atoms with van der Waals surface area (Å²) >= 11 is 0. The summed E-state index contributed by atoms with van der Waals surface area (Å²) in [5.41, 5.74) is 0.554. The Labute approximate surface area is 108 Å². The lowest BCUT2D eigenvalue weighted by atomic mass is 10.2. The van der Waals surface area contributed by atoms with E-state index in [1.165, 1.54) is 12.1 Å². The first-order valence-corrected chi connectivity index (χ1v) is 5.24. The number of nitrogens with one attached hydrogen (secondary N) is 1. The van der Waals surface area contributed by atoms with Crippen LogP contribution in [0, 0.1) is 17.0 Å². The molecule has 0 saturated carbocycles. The number of rotatable bonds is 6. The van der Waals surface area contributed by atoms with Crippen molar-refractivity contribution in [3.63, 3.8) is 0 Å². The van der Waals surface area contributed by atoms with Gasteiger partial charge in [-0.05, 0) is 18.6 Å². The van der Waals surface area contributed by atoms with E-state index in [-0.39, 0.29) is 11.4 Å². The molecule has 0 heterocycles. The number of hydrogen-bond acceptors (Lipinski definition) is 5. The minimum Gasteiger partial charge on any atom is -0.480 e. The van der Waals surface area contributed by atoms with Crippen LogP contribution in [0.4, 0.5) is 11.4 Å². The number of carbonyl (C=O) groups excluding carboxylic acids is 1. The minimum absolute atomic E-state index is 0.0499. The highest BCUT2D eigenvalue weighted by Gasteiger charge is 2.15. The Hall–Kier alpha value is -2.48. The molecule has 0 aliphatic rings. The average molecular weight is 268 g/mol. The normalized spacial score (nSPS) is 9.95. The maximum Gasteiger partial charge on any atom is 0.329 e. The second kappa shape index (κ2) is 6.45. The van der Waals surface area contributed by atoms with Crippen molar-refractivity contribution < 1.29 is 24.4 Å². The quantitative estimate of drug-likeness (QED) is 0.585. The summed E-state index contributed by atoms with van der Waals surface area (Å²) in [6.07, 6.45) is 0. The summed E-state index contributed by atoms with van der Waals surface area (Å²) in [5, 5.41) is 21.4. The molecule has 1 aromatic carbocycles. The third-order valence-corrected chi connectivity index (χ3v) is 2.08. The van der Waals surface area contributed by atoms with E-state index in [0.717, 1.165) is 5.56 Å². The van der Waals surface area contributed by atoms with Gasteiger partial charge in [0.1, 0.15) is 18.9 Å². The van der Waals surface area contributed by atoms with E-state index in [2.05, 4.69) is 10.1 Å². The molecule has 0 unspecified atom stereocenters. The van der Waals surface area contributed by atoms with E-state index in [1.54, 1.807) is 13.0 Å². The lowest BCUT2D eigenvalue weighted by Gasteiger charge is -2.06. The number of nitro groups is 1. The number of aryl methyl sites for hydroxylation is 1. The van der Waals surface area contributed by atoms with Crippen LogP contribution >= 0.6 is 0 Å². The van der Waals surface area contributed by atoms with Crippen LogP contribution in [0.25, 0.3) is 0 Å². The van der Waals surface area contributed by atoms with Crippen LogP contribution < -0.4 is 5.32 Å². The molecule has 8 nitrogen and oxygen atoms in total. The Morgan fingerprint density at radius 1 is 1.42 bits per heavy atom. The number of nitrogens with zero attached hydrogens (tertiary/aromatic N) is 1. The van der Waals surface area contributed by atoms with Crippen LogP contribution in [-0.2, 0) is 14.3 Å². The van der Waals surface area contributed by atoms with Crippen LogP contribution in [-0.4, -0.2) is 35.1 Å². The number of benzene rings is 1. The fourth-order valence-electron chi connectivity index (χ4n) is 1.33. The topological polar surface area (TPSA) is 119 Å². The Morgan fingerprint density at radius 2 is 2.11 bits per heavy atom. The SMILES string of the molecule is Cc1ccc([N+](=O)[O-])c(NC(=O)COCC(=O)O)c1. The van der Waals surface area contributed by atoms with Gasteiger partial charge in [-0.25, -0.2) is 4.79 Å². The molecule has 0 radical (unpaired) electrons. The summed E-state index contributed by atoms with van der Waals surface area (Å²) < 4.78 is 4.58. The van der Waals surface area contributed by atoms with E-state index < -0.39 is 30.0 Å². The Morgan fingerprint density at radius 3 is 2.68 bits per heavy atom. The fourth-order valence-corrected chi connectivity index (χ4v) is 1.33. The summed E-state index contributed by atoms with van der Waals surface area (Å²) in [6, 6.07) is 4.28. The third kappa shape index (κ3) is 4.72. The van der Waals surface area contributed by atoms with E-state index in [1.807, 2.05) is 0 Å². The van der Waals surface area contributed by atoms with Crippen molar-refractivity contribution in [2.75, 3.05) is 18.5 Å². The Bertz CT molecular complexity index is 514. The maximum absolute atomic E-state index is 11.4. The number of hydrogen-bond donors (Lipinski definition) is 2. The molecule has 0 aromatic heterocycles. The summed E-state index contributed by atoms with van der Waals surface area (Å²) in [6.45, 7) is 0.626. The summed E-state index contributed by atoms with van der Waals surface area (Å²) in [7, 11) is 0. The third-order valence-electron chi connectivity index (χ3n) is 2.08. The molecular weight excluding hydrogens is 256 g/mol. The van der Waals surface area contributed by atoms with Gasteiger partial charge in [-0.3, -0.25) is 14.9 Å². The van der Waals surface area contributed by atoms with Gasteiger partial charge in [0.2, 0.25) is 0 Å². The highest BCUT2D eigenvalue weighted by molar-refractivity contribution is 5.94. The molecule has 19 heavy (non-hydrogen) atoms. The number of aliphatic carboxylic acids is 1. The smallest absolute Gasteiger partial charge is 0.329 e. The first-order valence-electron chi connectivity index (χ1n) is 5.24. The van der Waals surface area contributed by atoms with Gasteiger partial charge in [-0.15, -0.1) is 0 Å². The standard InChI is InChI=1S/C11H12N2O6/c1-7-2-3-9(13(17)18)8(4-7)12-10(14)5-19-6-11(15)16/h2-4H,5-6H2,1H3,(H,12,14)(H,15,16). The molecule has 0 spiro atoms. The molecule has 1 amide bonds. The van der Waals surface area contributed by atoms with Gasteiger partial charge in [0.15, 0.2) is 0 Å². The van der Waals surface area contributed by atoms with Crippen LogP contribution in [0.5, 0.6) is 0 Å². The van der Waals surface area contributed by atoms with Crippen molar-refractivity contribution in [2.24, 2.45) is 0 Å². The summed E-state index contributed by atoms with van der Waals surface area (Å²) in [4.78, 5) is 31.8. The highest BCUT2D eigenvalue weighted by atomic mass is 16.6. The van der Waals surface area contributed by atoms with Gasteiger partial charge in [0.05, 0.1) is 4.92 Å². The number of anilines is 1. The predicted molar refractivity (Wildman–Crippen MR) is 64.9 cm³/mol. The number of nitro benzene ring substituents is 1. The van der Waals surface area contributed by atoms with Gasteiger partial charge < -0.3 is 15.2 Å². The highest BCUT2D eigenvalue weighted by Crippen LogP contribution is 2.24. The van der Waals surface area contributed by atoms with Crippen LogP contribution in [0.1, 0.15) is 5.56 Å². The molecule has 0 bridgehead atoms. The Kier molecular flexibility index (Phi) is 4.95. The van der Waals surface area contributed by atoms with Crippen LogP contribution in [0.3, 0.4) is 0 Å². The molecule has 2 N–H and O–H groups in total. The predicted octanol–water partition coefficient (Wildman–Crippen LogP) is 0.943. The zero-order chi connectivity index (χ0) is 14.4. The van der Waals surface area contributed by atoms with Crippen molar-refractivity contribution in [1.29, 1.82) is 0 Å². The molecule has 0 fully saturated rings. The Balaban J connectivity index is 2.70. The summed E-state index contributed by atoms with van der Waals surface area (Å²) in [5.74, 6) is -1.86. The van der Waals surface area contributed by atoms with Gasteiger partial charge in [0.25, 0.3) is 11.6 Å². The van der Waals surface area contributed by atoms with Crippen molar-refractivity contribution in [3.05, 3.63) is 33.9 Å². The molecular formula is C11H12N2O6. The fraction of sp³-hybridized carbons (Fsp3) is 0.273. The molecule has 1 rings (SSSR count). The van der Waals surface area contributed by atoms with Crippen LogP contribution in [0.15, 0.2) is 18.2 Å². The van der Waals surface area contributed by atoms with Gasteiger partial charge >= 0.3 is 5.97 Å². The molecule has 8 heteroatoms. The second-order valence-corrected chi connectivity index (χ2v) is 3.71. The zero-order valence-corrected chi connectivity index (χ0v) is 10.1. The van der Waals surface area contributed by atoms with Gasteiger partial charge in [-0.2, -0.15) is 0 Å². The maximum atomic E-state index is 11.4. The first-order chi connectivity index (χ1) is 8.90. The number of carboxylic acids is 1. The number of carbonyl (C=O) groups is 2. The van der Waals surface area contributed by atoms with Crippen molar-refractivity contribution in [3.8, 4) is 0 Å². The van der Waals surface area contributed by atoms with Crippen molar-refractivity contribution in [2.45, 2.75) is 6.92 Å². The number of carboxylic acid groups (broad SMARTS) is 1. The minimum atomic E-state index is -1.20. The zero-order valence-electron chi connectivity index (χ0n) is 10.1. The lowest BCUT2D eigenvalue weighted by Crippen LogP contribution is -2.21. The van der Waals surface area contributed by atoms with E-state index in [4.69, 9.17) is 5.11 Å². The molecule has 0 atom stereocenters. The lowest BCUT2D eigenvalue weighted by molar-refractivity contribution is -0.383. The number of amides is 1. The molecule has 1 aromatic rings. The van der Waals surface area contributed by atoms with E-state index >= 15 is 0 Å². The van der Waals surface area contributed by atoms with Crippen LogP contribution in [0.2, 0.25) is 0 Å². The van der Waals surface area contributed by atoms with E-state index in [9.17, 15) is 19.7 Å². The van der Waals surface area contributed by atoms with Gasteiger partial charge in [-0.1, -0.05) is 6.07 Å². The van der Waals surface area contributed by atoms with Gasteiger partial charge in [0, 0.05) is 6.07 Å². The van der Waals surface area contributed by atoms with Crippen molar-refractivity contribution in [1.82, 2.24) is 0 Å². The largest absolute Gasteiger partial charge is 0.480 e. The molecule has 0 saturated heterocycles. The van der Waals surface area contributed by atoms with E-state index in [0.29, 0.717) is 0 Å².